The van der Waals surface area contributed by atoms with Gasteiger partial charge in [0.1, 0.15) is 0 Å². The Bertz CT molecular complexity index is 836. The fourth-order valence-electron chi connectivity index (χ4n) is 4.51. The molecule has 1 aromatic carbocycles. The van der Waals surface area contributed by atoms with Crippen molar-refractivity contribution in [3.05, 3.63) is 52.2 Å². The number of nitrogens with zero attached hydrogens (tertiary/aromatic N) is 3. The first-order chi connectivity index (χ1) is 14.6. The Morgan fingerprint density at radius 1 is 1.00 bits per heavy atom. The van der Waals surface area contributed by atoms with Crippen molar-refractivity contribution in [2.75, 3.05) is 38.1 Å². The van der Waals surface area contributed by atoms with E-state index in [4.69, 9.17) is 0 Å². The molecule has 2 aliphatic heterocycles. The van der Waals surface area contributed by atoms with Gasteiger partial charge in [0.05, 0.1) is 4.88 Å². The molecule has 0 radical (unpaired) electrons. The van der Waals surface area contributed by atoms with Crippen LogP contribution in [0.2, 0.25) is 0 Å². The zero-order chi connectivity index (χ0) is 20.9. The van der Waals surface area contributed by atoms with E-state index < -0.39 is 0 Å². The molecule has 2 aromatic rings. The van der Waals surface area contributed by atoms with E-state index in [2.05, 4.69) is 29.2 Å². The predicted molar refractivity (Wildman–Crippen MR) is 122 cm³/mol. The molecular formula is C24H31N3O2S. The molecule has 1 aromatic heterocycles. The lowest BCUT2D eigenvalue weighted by Crippen LogP contribution is -2.43. The van der Waals surface area contributed by atoms with Crippen molar-refractivity contribution in [3.8, 4) is 0 Å². The average molecular weight is 426 g/mol. The number of hydrogen-bond donors (Lipinski definition) is 0. The van der Waals surface area contributed by atoms with Gasteiger partial charge in [-0.15, -0.1) is 11.3 Å². The zero-order valence-electron chi connectivity index (χ0n) is 17.8. The van der Waals surface area contributed by atoms with Gasteiger partial charge in [0.25, 0.3) is 5.91 Å². The predicted octanol–water partition coefficient (Wildman–Crippen LogP) is 4.25. The minimum Gasteiger partial charge on any atom is -0.372 e. The average Bonchev–Trinajstić information content (AvgIpc) is 3.34. The maximum absolute atomic E-state index is 12.9. The Hall–Kier alpha value is -2.34. The molecule has 0 bridgehead atoms. The van der Waals surface area contributed by atoms with Gasteiger partial charge in [0.15, 0.2) is 0 Å². The second-order valence-electron chi connectivity index (χ2n) is 8.45. The minimum atomic E-state index is 0.00927. The summed E-state index contributed by atoms with van der Waals surface area (Å²) in [5.74, 6) is 0.298. The maximum atomic E-state index is 12.9. The Balaban J connectivity index is 1.27. The van der Waals surface area contributed by atoms with Gasteiger partial charge in [-0.1, -0.05) is 18.2 Å². The molecule has 2 aliphatic rings. The zero-order valence-corrected chi connectivity index (χ0v) is 18.6. The van der Waals surface area contributed by atoms with Crippen molar-refractivity contribution < 1.29 is 9.59 Å². The summed E-state index contributed by atoms with van der Waals surface area (Å²) in [5, 5.41) is 1.93. The highest BCUT2D eigenvalue weighted by atomic mass is 32.1. The lowest BCUT2D eigenvalue weighted by Gasteiger charge is -2.33. The molecule has 0 N–H and O–H groups in total. The number of hydrogen-bond acceptors (Lipinski definition) is 4. The van der Waals surface area contributed by atoms with Gasteiger partial charge in [-0.2, -0.15) is 0 Å². The van der Waals surface area contributed by atoms with Crippen molar-refractivity contribution in [1.82, 2.24) is 9.80 Å². The van der Waals surface area contributed by atoms with Crippen LogP contribution in [0.15, 0.2) is 41.8 Å². The van der Waals surface area contributed by atoms with Crippen molar-refractivity contribution >= 4 is 28.8 Å². The number of carbonyl (C=O) groups excluding carboxylic acids is 2. The van der Waals surface area contributed by atoms with Gasteiger partial charge < -0.3 is 14.7 Å². The molecule has 0 saturated carbocycles. The van der Waals surface area contributed by atoms with E-state index in [1.165, 1.54) is 36.3 Å². The normalized spacial score (nSPS) is 17.8. The van der Waals surface area contributed by atoms with Crippen LogP contribution < -0.4 is 4.90 Å². The first-order valence-corrected chi connectivity index (χ1v) is 11.9. The van der Waals surface area contributed by atoms with E-state index in [-0.39, 0.29) is 17.7 Å². The topological polar surface area (TPSA) is 43.9 Å². The third-order valence-electron chi connectivity index (χ3n) is 6.32. The van der Waals surface area contributed by atoms with Gasteiger partial charge in [-0.3, -0.25) is 9.59 Å². The summed E-state index contributed by atoms with van der Waals surface area (Å²) in [4.78, 5) is 32.4. The Labute approximate surface area is 183 Å². The number of thiophene rings is 1. The van der Waals surface area contributed by atoms with E-state index in [1.807, 2.05) is 34.4 Å². The highest BCUT2D eigenvalue weighted by Gasteiger charge is 2.29. The fraction of sp³-hybridized carbons (Fsp3) is 0.500. The van der Waals surface area contributed by atoms with Crippen LogP contribution in [0.25, 0.3) is 0 Å². The van der Waals surface area contributed by atoms with Gasteiger partial charge in [0, 0.05) is 51.4 Å². The van der Waals surface area contributed by atoms with E-state index >= 15 is 0 Å². The molecule has 6 heteroatoms. The van der Waals surface area contributed by atoms with E-state index in [1.54, 1.807) is 0 Å². The summed E-state index contributed by atoms with van der Waals surface area (Å²) in [6, 6.07) is 12.4. The molecule has 160 valence electrons. The van der Waals surface area contributed by atoms with Gasteiger partial charge in [-0.05, 0) is 61.2 Å². The summed E-state index contributed by atoms with van der Waals surface area (Å²) in [5.41, 5.74) is 2.45. The molecule has 4 rings (SSSR count). The first kappa shape index (κ1) is 20.9. The van der Waals surface area contributed by atoms with Crippen LogP contribution in [0.3, 0.4) is 0 Å². The van der Waals surface area contributed by atoms with Crippen LogP contribution in [0.4, 0.5) is 5.69 Å². The lowest BCUT2D eigenvalue weighted by molar-refractivity contribution is -0.136. The summed E-state index contributed by atoms with van der Waals surface area (Å²) in [6.45, 7) is 4.24. The van der Waals surface area contributed by atoms with E-state index in [0.29, 0.717) is 19.6 Å². The number of benzene rings is 1. The quantitative estimate of drug-likeness (QED) is 0.719. The SMILES string of the molecule is CN(Cc1ccc(N2CCCCC2)cc1)C(=O)C1CCN(C(=O)c2cccs2)CC1. The van der Waals surface area contributed by atoms with Gasteiger partial charge in [-0.25, -0.2) is 0 Å². The molecule has 5 nitrogen and oxygen atoms in total. The fourth-order valence-corrected chi connectivity index (χ4v) is 5.20. The van der Waals surface area contributed by atoms with Crippen LogP contribution >= 0.6 is 11.3 Å². The molecule has 2 saturated heterocycles. The summed E-state index contributed by atoms with van der Waals surface area (Å²) >= 11 is 1.48. The monoisotopic (exact) mass is 425 g/mol. The number of piperidine rings is 2. The molecule has 2 amide bonds. The van der Waals surface area contributed by atoms with Crippen LogP contribution in [-0.2, 0) is 11.3 Å². The maximum Gasteiger partial charge on any atom is 0.263 e. The van der Waals surface area contributed by atoms with Crippen LogP contribution in [0, 0.1) is 5.92 Å². The summed E-state index contributed by atoms with van der Waals surface area (Å²) < 4.78 is 0. The number of rotatable bonds is 5. The Kier molecular flexibility index (Phi) is 6.72. The largest absolute Gasteiger partial charge is 0.372 e. The van der Waals surface area contributed by atoms with Crippen molar-refractivity contribution in [3.63, 3.8) is 0 Å². The highest BCUT2D eigenvalue weighted by molar-refractivity contribution is 7.12. The molecule has 0 atom stereocenters. The third-order valence-corrected chi connectivity index (χ3v) is 7.17. The molecule has 0 spiro atoms. The summed E-state index contributed by atoms with van der Waals surface area (Å²) in [7, 11) is 1.89. The summed E-state index contributed by atoms with van der Waals surface area (Å²) in [6.07, 6.45) is 5.37. The lowest BCUT2D eigenvalue weighted by atomic mass is 9.95. The highest BCUT2D eigenvalue weighted by Crippen LogP contribution is 2.24. The third kappa shape index (κ3) is 4.86. The van der Waals surface area contributed by atoms with Crippen LogP contribution in [-0.4, -0.2) is 54.8 Å². The van der Waals surface area contributed by atoms with Crippen molar-refractivity contribution in [2.24, 2.45) is 5.92 Å². The van der Waals surface area contributed by atoms with Crippen LogP contribution in [0.5, 0.6) is 0 Å². The van der Waals surface area contributed by atoms with E-state index in [0.717, 1.165) is 36.4 Å². The van der Waals surface area contributed by atoms with Crippen molar-refractivity contribution in [1.29, 1.82) is 0 Å². The second-order valence-corrected chi connectivity index (χ2v) is 9.40. The second kappa shape index (κ2) is 9.65. The van der Waals surface area contributed by atoms with Crippen molar-refractivity contribution in [2.45, 2.75) is 38.6 Å². The van der Waals surface area contributed by atoms with Gasteiger partial charge >= 0.3 is 0 Å². The standard InChI is InChI=1S/C24H31N3O2S/c1-25(18-19-7-9-21(10-8-19)26-13-3-2-4-14-26)23(28)20-11-15-27(16-12-20)24(29)22-6-5-17-30-22/h5-10,17,20H,2-4,11-16,18H2,1H3. The minimum absolute atomic E-state index is 0.00927. The van der Waals surface area contributed by atoms with Crippen LogP contribution in [0.1, 0.15) is 47.3 Å². The molecule has 0 unspecified atom stereocenters. The molecular weight excluding hydrogens is 394 g/mol. The molecule has 30 heavy (non-hydrogen) atoms. The van der Waals surface area contributed by atoms with Gasteiger partial charge in [0.2, 0.25) is 5.91 Å². The smallest absolute Gasteiger partial charge is 0.263 e. The number of likely N-dealkylation sites (tertiary alicyclic amines) is 1. The van der Waals surface area contributed by atoms with E-state index in [9.17, 15) is 9.59 Å². The molecule has 2 fully saturated rings. The Morgan fingerprint density at radius 3 is 2.33 bits per heavy atom. The molecule has 0 aliphatic carbocycles. The number of anilines is 1. The molecule has 3 heterocycles. The Morgan fingerprint density at radius 2 is 1.70 bits per heavy atom. The number of carbonyl (C=O) groups is 2. The first-order valence-electron chi connectivity index (χ1n) is 11.0. The number of amides is 2.